The number of carboxylic acid groups (broad SMARTS) is 1. The Morgan fingerprint density at radius 2 is 2.11 bits per heavy atom. The van der Waals surface area contributed by atoms with E-state index in [9.17, 15) is 14.7 Å². The Bertz CT molecular complexity index is 1320. The molecule has 0 unspecified atom stereocenters. The van der Waals surface area contributed by atoms with Crippen LogP contribution in [0.1, 0.15) is 27.3 Å². The van der Waals surface area contributed by atoms with Crippen LogP contribution < -0.4 is 5.32 Å². The van der Waals surface area contributed by atoms with Crippen molar-refractivity contribution in [2.45, 2.75) is 19.0 Å². The number of rotatable bonds is 11. The third-order valence-corrected chi connectivity index (χ3v) is 6.93. The minimum atomic E-state index is -1.05. The fourth-order valence-electron chi connectivity index (χ4n) is 3.67. The molecule has 0 bridgehead atoms. The fraction of sp³-hybridized carbons (Fsp3) is 0.192. The molecule has 10 heteroatoms. The van der Waals surface area contributed by atoms with Crippen molar-refractivity contribution in [3.05, 3.63) is 89.2 Å². The van der Waals surface area contributed by atoms with E-state index in [-0.39, 0.29) is 0 Å². The van der Waals surface area contributed by atoms with E-state index < -0.39 is 17.9 Å². The predicted octanol–water partition coefficient (Wildman–Crippen LogP) is 4.58. The van der Waals surface area contributed by atoms with Crippen LogP contribution in [0.3, 0.4) is 0 Å². The Hall–Kier alpha value is -3.76. The van der Waals surface area contributed by atoms with Gasteiger partial charge in [0, 0.05) is 53.1 Å². The lowest BCUT2D eigenvalue weighted by molar-refractivity contribution is -0.139. The number of thioether (sulfide) groups is 1. The van der Waals surface area contributed by atoms with Crippen LogP contribution in [-0.4, -0.2) is 54.6 Å². The Morgan fingerprint density at radius 3 is 2.78 bits per heavy atom. The van der Waals surface area contributed by atoms with Crippen LogP contribution in [0.25, 0.3) is 22.8 Å². The third-order valence-electron chi connectivity index (χ3n) is 5.43. The number of hydrogen-bond acceptors (Lipinski definition) is 7. The summed E-state index contributed by atoms with van der Waals surface area (Å²) in [6, 6.07) is 8.23. The molecule has 1 amide bonds. The Labute approximate surface area is 217 Å². The largest absolute Gasteiger partial charge is 0.480 e. The number of pyridine rings is 1. The number of nitrogens with zero attached hydrogens (tertiary/aromatic N) is 4. The highest BCUT2D eigenvalue weighted by molar-refractivity contribution is 7.98. The summed E-state index contributed by atoms with van der Waals surface area (Å²) in [5, 5.41) is 15.1. The maximum Gasteiger partial charge on any atom is 0.326 e. The molecule has 0 saturated heterocycles. The average molecular weight is 520 g/mol. The molecule has 2 N–H and O–H groups in total. The lowest BCUT2D eigenvalue weighted by Gasteiger charge is -2.16. The van der Waals surface area contributed by atoms with Crippen molar-refractivity contribution in [2.75, 3.05) is 12.0 Å². The molecule has 3 heterocycles. The van der Waals surface area contributed by atoms with E-state index >= 15 is 0 Å². The number of aliphatic carboxylic acids is 1. The second-order valence-electron chi connectivity index (χ2n) is 7.93. The van der Waals surface area contributed by atoms with Crippen molar-refractivity contribution in [2.24, 2.45) is 0 Å². The second kappa shape index (κ2) is 12.3. The lowest BCUT2D eigenvalue weighted by Crippen LogP contribution is -2.41. The minimum absolute atomic E-state index is 0.344. The first-order valence-electron chi connectivity index (χ1n) is 11.2. The smallest absolute Gasteiger partial charge is 0.326 e. The van der Waals surface area contributed by atoms with Gasteiger partial charge in [-0.05, 0) is 53.8 Å². The van der Waals surface area contributed by atoms with Gasteiger partial charge in [0.1, 0.15) is 11.0 Å². The summed E-state index contributed by atoms with van der Waals surface area (Å²) in [6.45, 7) is 0.591. The number of carbonyl (C=O) groups is 2. The third kappa shape index (κ3) is 6.46. The summed E-state index contributed by atoms with van der Waals surface area (Å²) in [5.74, 6) is -0.851. The molecule has 4 aromatic rings. The summed E-state index contributed by atoms with van der Waals surface area (Å²) in [5.41, 5.74) is 3.71. The number of aromatic nitrogens is 4. The Kier molecular flexibility index (Phi) is 8.64. The van der Waals surface area contributed by atoms with Gasteiger partial charge in [-0.15, -0.1) is 11.3 Å². The monoisotopic (exact) mass is 519 g/mol. The van der Waals surface area contributed by atoms with Gasteiger partial charge in [0.2, 0.25) is 0 Å². The van der Waals surface area contributed by atoms with Gasteiger partial charge in [-0.1, -0.05) is 12.1 Å². The molecule has 0 radical (unpaired) electrons. The van der Waals surface area contributed by atoms with Gasteiger partial charge in [0.15, 0.2) is 0 Å². The summed E-state index contributed by atoms with van der Waals surface area (Å²) in [7, 11) is 0. The number of benzene rings is 1. The lowest BCUT2D eigenvalue weighted by atomic mass is 9.96. The van der Waals surface area contributed by atoms with Crippen molar-refractivity contribution < 1.29 is 14.7 Å². The van der Waals surface area contributed by atoms with Crippen LogP contribution >= 0.6 is 23.1 Å². The van der Waals surface area contributed by atoms with Gasteiger partial charge in [-0.25, -0.2) is 14.8 Å². The molecule has 0 spiro atoms. The summed E-state index contributed by atoms with van der Waals surface area (Å²) in [6.07, 6.45) is 14.8. The van der Waals surface area contributed by atoms with Crippen LogP contribution in [0.2, 0.25) is 0 Å². The number of amides is 1. The van der Waals surface area contributed by atoms with Gasteiger partial charge in [0.25, 0.3) is 5.91 Å². The number of hydrogen-bond donors (Lipinski definition) is 2. The molecular formula is C26H25N5O3S2. The number of nitrogens with one attached hydrogen (secondary N) is 1. The van der Waals surface area contributed by atoms with E-state index in [2.05, 4.69) is 20.3 Å². The maximum absolute atomic E-state index is 13.2. The molecule has 0 aliphatic carbocycles. The minimum Gasteiger partial charge on any atom is -0.480 e. The van der Waals surface area contributed by atoms with E-state index in [1.165, 1.54) is 11.8 Å². The highest BCUT2D eigenvalue weighted by Gasteiger charge is 2.22. The maximum atomic E-state index is 13.2. The van der Waals surface area contributed by atoms with Crippen LogP contribution in [0.15, 0.2) is 73.0 Å². The Morgan fingerprint density at radius 1 is 1.22 bits per heavy atom. The van der Waals surface area contributed by atoms with Gasteiger partial charge >= 0.3 is 5.97 Å². The molecule has 0 saturated carbocycles. The first-order valence-corrected chi connectivity index (χ1v) is 13.5. The van der Waals surface area contributed by atoms with Crippen molar-refractivity contribution in [3.8, 4) is 11.1 Å². The van der Waals surface area contributed by atoms with Crippen LogP contribution in [-0.2, 0) is 11.3 Å². The van der Waals surface area contributed by atoms with Crippen molar-refractivity contribution >= 4 is 46.6 Å². The summed E-state index contributed by atoms with van der Waals surface area (Å²) in [4.78, 5) is 37.7. The highest BCUT2D eigenvalue weighted by atomic mass is 32.2. The molecule has 1 atom stereocenters. The molecule has 3 aromatic heterocycles. The van der Waals surface area contributed by atoms with E-state index in [1.807, 2.05) is 46.7 Å². The molecule has 0 aliphatic heterocycles. The quantitative estimate of drug-likeness (QED) is 0.298. The molecule has 0 aliphatic rings. The van der Waals surface area contributed by atoms with Crippen LogP contribution in [0.5, 0.6) is 0 Å². The van der Waals surface area contributed by atoms with Gasteiger partial charge in [0.05, 0.1) is 12.9 Å². The fourth-order valence-corrected chi connectivity index (χ4v) is 4.79. The SMILES string of the molecule is CSCC[C@H](NC(=O)c1ccc(/C=C(/Cn2ccnc2)c2nccs2)cc1-c1cccnc1)C(=O)O. The first-order chi connectivity index (χ1) is 17.5. The topological polar surface area (TPSA) is 110 Å². The van der Waals surface area contributed by atoms with Gasteiger partial charge in [-0.3, -0.25) is 9.78 Å². The number of thiazole rings is 1. The zero-order valence-corrected chi connectivity index (χ0v) is 21.2. The zero-order chi connectivity index (χ0) is 25.3. The number of imidazole rings is 1. The van der Waals surface area contributed by atoms with Crippen molar-refractivity contribution in [3.63, 3.8) is 0 Å². The van der Waals surface area contributed by atoms with Crippen molar-refractivity contribution in [1.82, 2.24) is 24.8 Å². The summed E-state index contributed by atoms with van der Waals surface area (Å²) < 4.78 is 1.97. The standard InChI is InChI=1S/C26H25N5O3S2/c1-35-11-6-23(26(33)34)30-24(32)21-5-4-18(14-22(21)19-3-2-7-27-15-19)13-20(25-29-9-12-36-25)16-31-10-8-28-17-31/h2-5,7-10,12-15,17,23H,6,11,16H2,1H3,(H,30,32)(H,33,34)/b20-13-/t23-/m0/s1. The molecule has 36 heavy (non-hydrogen) atoms. The van der Waals surface area contributed by atoms with Crippen molar-refractivity contribution in [1.29, 1.82) is 0 Å². The molecule has 1 aromatic carbocycles. The molecule has 4 rings (SSSR count). The summed E-state index contributed by atoms with van der Waals surface area (Å²) >= 11 is 3.09. The van der Waals surface area contributed by atoms with E-state index in [4.69, 9.17) is 0 Å². The first kappa shape index (κ1) is 25.3. The average Bonchev–Trinajstić information content (AvgIpc) is 3.61. The number of allylic oxidation sites excluding steroid dienone is 1. The van der Waals surface area contributed by atoms with Gasteiger partial charge in [-0.2, -0.15) is 11.8 Å². The van der Waals surface area contributed by atoms with Crippen LogP contribution in [0, 0.1) is 0 Å². The molecular weight excluding hydrogens is 494 g/mol. The normalized spacial score (nSPS) is 12.3. The van der Waals surface area contributed by atoms with E-state index in [0.29, 0.717) is 29.8 Å². The number of carboxylic acids is 1. The van der Waals surface area contributed by atoms with Gasteiger partial charge < -0.3 is 15.0 Å². The zero-order valence-electron chi connectivity index (χ0n) is 19.6. The van der Waals surface area contributed by atoms with E-state index in [0.717, 1.165) is 21.7 Å². The predicted molar refractivity (Wildman–Crippen MR) is 144 cm³/mol. The Balaban J connectivity index is 1.72. The van der Waals surface area contributed by atoms with E-state index in [1.54, 1.807) is 54.6 Å². The number of carbonyl (C=O) groups excluding carboxylic acids is 1. The molecule has 0 fully saturated rings. The highest BCUT2D eigenvalue weighted by Crippen LogP contribution is 2.28. The second-order valence-corrected chi connectivity index (χ2v) is 9.81. The molecule has 8 nitrogen and oxygen atoms in total. The molecule has 184 valence electrons. The van der Waals surface area contributed by atoms with Crippen LogP contribution in [0.4, 0.5) is 0 Å².